The van der Waals surface area contributed by atoms with Crippen LogP contribution in [0.15, 0.2) is 70.4 Å². The Morgan fingerprint density at radius 1 is 1.09 bits per heavy atom. The first-order valence-corrected chi connectivity index (χ1v) is 11.1. The zero-order chi connectivity index (χ0) is 23.1. The summed E-state index contributed by atoms with van der Waals surface area (Å²) < 4.78 is 21.7. The van der Waals surface area contributed by atoms with E-state index in [1.165, 1.54) is 23.8 Å². The van der Waals surface area contributed by atoms with E-state index in [2.05, 4.69) is 18.8 Å². The van der Waals surface area contributed by atoms with E-state index in [9.17, 15) is 14.0 Å². The van der Waals surface area contributed by atoms with Gasteiger partial charge < -0.3 is 13.9 Å². The maximum absolute atomic E-state index is 13.9. The van der Waals surface area contributed by atoms with Crippen molar-refractivity contribution in [3.05, 3.63) is 99.7 Å². The molecule has 1 aliphatic rings. The van der Waals surface area contributed by atoms with Gasteiger partial charge in [-0.2, -0.15) is 0 Å². The molecule has 6 nitrogen and oxygen atoms in total. The van der Waals surface area contributed by atoms with Gasteiger partial charge in [0, 0.05) is 25.5 Å². The van der Waals surface area contributed by atoms with E-state index in [0.717, 1.165) is 5.56 Å². The minimum atomic E-state index is -0.583. The standard InChI is InChI=1S/C26H24FN3O3/c1-16(2)17-4-6-18(7-5-17)23-22-24(31)20-14-19(27)8-9-21(20)33-25(22)26(32)30(23)12-3-11-29-13-10-28-15-29/h4-10,13-16,23H,3,11-12H2,1-2H3. The Bertz CT molecular complexity index is 1370. The second-order valence-electron chi connectivity index (χ2n) is 8.69. The predicted octanol–water partition coefficient (Wildman–Crippen LogP) is 4.89. The molecule has 0 N–H and O–H groups in total. The third-order valence-corrected chi connectivity index (χ3v) is 6.22. The number of carbonyl (C=O) groups is 1. The third-order valence-electron chi connectivity index (χ3n) is 6.22. The molecule has 0 radical (unpaired) electrons. The van der Waals surface area contributed by atoms with Gasteiger partial charge in [-0.25, -0.2) is 9.37 Å². The molecule has 0 spiro atoms. The van der Waals surface area contributed by atoms with Gasteiger partial charge in [-0.15, -0.1) is 0 Å². The fourth-order valence-corrected chi connectivity index (χ4v) is 4.48. The number of fused-ring (bicyclic) bond motifs is 2. The molecule has 0 saturated heterocycles. The molecule has 3 heterocycles. The van der Waals surface area contributed by atoms with Crippen molar-refractivity contribution >= 4 is 16.9 Å². The summed E-state index contributed by atoms with van der Waals surface area (Å²) in [6.07, 6.45) is 5.99. The molecule has 0 fully saturated rings. The van der Waals surface area contributed by atoms with Gasteiger partial charge in [0.05, 0.1) is 23.3 Å². The first-order chi connectivity index (χ1) is 15.9. The smallest absolute Gasteiger partial charge is 0.290 e. The quantitative estimate of drug-likeness (QED) is 0.424. The number of carbonyl (C=O) groups excluding carboxylic acids is 1. The zero-order valence-corrected chi connectivity index (χ0v) is 18.5. The lowest BCUT2D eigenvalue weighted by molar-refractivity contribution is 0.0723. The van der Waals surface area contributed by atoms with Crippen LogP contribution >= 0.6 is 0 Å². The monoisotopic (exact) mass is 445 g/mol. The first-order valence-electron chi connectivity index (χ1n) is 11.1. The predicted molar refractivity (Wildman–Crippen MR) is 123 cm³/mol. The van der Waals surface area contributed by atoms with Crippen LogP contribution in [-0.4, -0.2) is 26.9 Å². The lowest BCUT2D eigenvalue weighted by atomic mass is 9.95. The van der Waals surface area contributed by atoms with E-state index < -0.39 is 11.9 Å². The van der Waals surface area contributed by atoms with Gasteiger partial charge in [0.2, 0.25) is 5.76 Å². The molecule has 4 aromatic rings. The summed E-state index contributed by atoms with van der Waals surface area (Å²) >= 11 is 0. The molecular weight excluding hydrogens is 421 g/mol. The summed E-state index contributed by atoms with van der Waals surface area (Å²) in [4.78, 5) is 32.6. The van der Waals surface area contributed by atoms with Gasteiger partial charge in [0.1, 0.15) is 11.4 Å². The van der Waals surface area contributed by atoms with E-state index >= 15 is 0 Å². The molecule has 2 aromatic carbocycles. The van der Waals surface area contributed by atoms with E-state index in [-0.39, 0.29) is 33.6 Å². The van der Waals surface area contributed by atoms with Crippen LogP contribution in [0.3, 0.4) is 0 Å². The van der Waals surface area contributed by atoms with Gasteiger partial charge >= 0.3 is 0 Å². The van der Waals surface area contributed by atoms with Gasteiger partial charge in [-0.3, -0.25) is 9.59 Å². The van der Waals surface area contributed by atoms with Crippen molar-refractivity contribution in [2.24, 2.45) is 0 Å². The lowest BCUT2D eigenvalue weighted by Gasteiger charge is -2.25. The van der Waals surface area contributed by atoms with Crippen molar-refractivity contribution in [2.75, 3.05) is 6.54 Å². The molecule has 1 unspecified atom stereocenters. The molecule has 0 aliphatic carbocycles. The van der Waals surface area contributed by atoms with Crippen molar-refractivity contribution < 1.29 is 13.6 Å². The summed E-state index contributed by atoms with van der Waals surface area (Å²) in [7, 11) is 0. The molecule has 2 aromatic heterocycles. The largest absolute Gasteiger partial charge is 0.450 e. The van der Waals surface area contributed by atoms with Crippen LogP contribution < -0.4 is 5.43 Å². The fraction of sp³-hybridized carbons (Fsp3) is 0.269. The third kappa shape index (κ3) is 3.73. The van der Waals surface area contributed by atoms with Gasteiger partial charge in [-0.1, -0.05) is 38.1 Å². The molecular formula is C26H24FN3O3. The van der Waals surface area contributed by atoms with Crippen LogP contribution in [0.1, 0.15) is 59.5 Å². The van der Waals surface area contributed by atoms with Crippen LogP contribution in [0.5, 0.6) is 0 Å². The summed E-state index contributed by atoms with van der Waals surface area (Å²) in [5.41, 5.74) is 2.12. The highest BCUT2D eigenvalue weighted by molar-refractivity contribution is 5.99. The second-order valence-corrected chi connectivity index (χ2v) is 8.69. The van der Waals surface area contributed by atoms with Crippen molar-refractivity contribution in [3.63, 3.8) is 0 Å². The Kier molecular flexibility index (Phi) is 5.32. The van der Waals surface area contributed by atoms with Crippen LogP contribution in [0.25, 0.3) is 11.0 Å². The molecule has 0 saturated carbocycles. The van der Waals surface area contributed by atoms with Crippen LogP contribution in [0, 0.1) is 5.82 Å². The number of rotatable bonds is 6. The average Bonchev–Trinajstić information content (AvgIpc) is 3.42. The van der Waals surface area contributed by atoms with Gasteiger partial charge in [-0.05, 0) is 41.7 Å². The lowest BCUT2D eigenvalue weighted by Crippen LogP contribution is -2.31. The normalized spacial score (nSPS) is 15.6. The summed E-state index contributed by atoms with van der Waals surface area (Å²) in [6, 6.07) is 11.2. The van der Waals surface area contributed by atoms with E-state index in [1.807, 2.05) is 35.0 Å². The number of imidazole rings is 1. The van der Waals surface area contributed by atoms with Crippen LogP contribution in [-0.2, 0) is 6.54 Å². The first kappa shape index (κ1) is 21.1. The van der Waals surface area contributed by atoms with Crippen molar-refractivity contribution in [1.29, 1.82) is 0 Å². The molecule has 0 bridgehead atoms. The summed E-state index contributed by atoms with van der Waals surface area (Å²) in [5.74, 6) is -0.439. The van der Waals surface area contributed by atoms with Crippen molar-refractivity contribution in [2.45, 2.75) is 38.8 Å². The van der Waals surface area contributed by atoms with Gasteiger partial charge in [0.15, 0.2) is 5.43 Å². The topological polar surface area (TPSA) is 68.3 Å². The molecule has 168 valence electrons. The second kappa shape index (κ2) is 8.31. The molecule has 7 heteroatoms. The highest BCUT2D eigenvalue weighted by Gasteiger charge is 2.42. The molecule has 1 atom stereocenters. The molecule has 1 amide bonds. The van der Waals surface area contributed by atoms with Crippen LogP contribution in [0.4, 0.5) is 4.39 Å². The minimum Gasteiger partial charge on any atom is -0.450 e. The Morgan fingerprint density at radius 2 is 1.88 bits per heavy atom. The maximum atomic E-state index is 13.9. The number of halogens is 1. The van der Waals surface area contributed by atoms with Gasteiger partial charge in [0.25, 0.3) is 5.91 Å². The Labute approximate surface area is 190 Å². The van der Waals surface area contributed by atoms with Crippen LogP contribution in [0.2, 0.25) is 0 Å². The number of hydrogen-bond acceptors (Lipinski definition) is 4. The van der Waals surface area contributed by atoms with E-state index in [0.29, 0.717) is 25.4 Å². The molecule has 1 aliphatic heterocycles. The number of nitrogens with zero attached hydrogens (tertiary/aromatic N) is 3. The van der Waals surface area contributed by atoms with Crippen molar-refractivity contribution in [3.8, 4) is 0 Å². The zero-order valence-electron chi connectivity index (χ0n) is 18.5. The SMILES string of the molecule is CC(C)c1ccc(C2c3c(oc4ccc(F)cc4c3=O)C(=O)N2CCCn2ccnc2)cc1. The molecule has 5 rings (SSSR count). The Hall–Kier alpha value is -3.74. The Balaban J connectivity index is 1.59. The summed E-state index contributed by atoms with van der Waals surface area (Å²) in [5, 5.41) is 0.144. The number of amides is 1. The number of aryl methyl sites for hydroxylation is 1. The highest BCUT2D eigenvalue weighted by atomic mass is 19.1. The average molecular weight is 445 g/mol. The Morgan fingerprint density at radius 3 is 2.58 bits per heavy atom. The number of benzene rings is 2. The highest BCUT2D eigenvalue weighted by Crippen LogP contribution is 2.38. The van der Waals surface area contributed by atoms with E-state index in [1.54, 1.807) is 17.4 Å². The fourth-order valence-electron chi connectivity index (χ4n) is 4.48. The maximum Gasteiger partial charge on any atom is 0.290 e. The minimum absolute atomic E-state index is 0.0414. The van der Waals surface area contributed by atoms with E-state index in [4.69, 9.17) is 4.42 Å². The number of hydrogen-bond donors (Lipinski definition) is 0. The summed E-state index contributed by atoms with van der Waals surface area (Å²) in [6.45, 7) is 5.35. The van der Waals surface area contributed by atoms with Crippen molar-refractivity contribution in [1.82, 2.24) is 14.5 Å². The number of aromatic nitrogens is 2. The molecule has 33 heavy (non-hydrogen) atoms.